The van der Waals surface area contributed by atoms with E-state index in [4.69, 9.17) is 4.74 Å². The Balaban J connectivity index is 1.90. The minimum Gasteiger partial charge on any atom is -0.459 e. The molecule has 0 aliphatic heterocycles. The fraction of sp³-hybridized carbons (Fsp3) is 0.400. The van der Waals surface area contributed by atoms with Crippen LogP contribution in [0.4, 0.5) is 0 Å². The van der Waals surface area contributed by atoms with Gasteiger partial charge >= 0.3 is 5.97 Å². The molecule has 1 fully saturated rings. The second-order valence-corrected chi connectivity index (χ2v) is 4.79. The van der Waals surface area contributed by atoms with Gasteiger partial charge < -0.3 is 9.84 Å². The average Bonchev–Trinajstić information content (AvgIpc) is 2.36. The molecule has 0 aromatic heterocycles. The van der Waals surface area contributed by atoms with E-state index in [-0.39, 0.29) is 6.61 Å². The summed E-state index contributed by atoms with van der Waals surface area (Å²) in [6, 6.07) is 9.44. The largest absolute Gasteiger partial charge is 0.459 e. The quantitative estimate of drug-likeness (QED) is 0.641. The summed E-state index contributed by atoms with van der Waals surface area (Å²) < 4.78 is 5.14. The lowest BCUT2D eigenvalue weighted by Crippen LogP contribution is -2.45. The van der Waals surface area contributed by atoms with Gasteiger partial charge in [0.1, 0.15) is 6.61 Å². The maximum atomic E-state index is 11.8. The molecule has 1 aliphatic carbocycles. The number of hydrogen-bond acceptors (Lipinski definition) is 3. The van der Waals surface area contributed by atoms with Gasteiger partial charge in [-0.2, -0.15) is 0 Å². The summed E-state index contributed by atoms with van der Waals surface area (Å²) >= 11 is 0. The lowest BCUT2D eigenvalue weighted by atomic mass is 9.65. The second kappa shape index (κ2) is 5.36. The fourth-order valence-electron chi connectivity index (χ4n) is 2.22. The number of ether oxygens (including phenoxy) is 1. The predicted octanol–water partition coefficient (Wildman–Crippen LogP) is 2.45. The van der Waals surface area contributed by atoms with Crippen LogP contribution in [0.25, 0.3) is 0 Å². The molecule has 0 spiro atoms. The van der Waals surface area contributed by atoms with Crippen molar-refractivity contribution in [2.45, 2.75) is 32.0 Å². The maximum absolute atomic E-state index is 11.8. The number of benzene rings is 1. The van der Waals surface area contributed by atoms with Gasteiger partial charge in [-0.1, -0.05) is 42.8 Å². The van der Waals surface area contributed by atoms with E-state index in [2.05, 4.69) is 6.58 Å². The van der Waals surface area contributed by atoms with Crippen molar-refractivity contribution in [1.29, 1.82) is 0 Å². The minimum atomic E-state index is -1.09. The third-order valence-corrected chi connectivity index (χ3v) is 3.68. The topological polar surface area (TPSA) is 46.5 Å². The van der Waals surface area contributed by atoms with Crippen molar-refractivity contribution in [1.82, 2.24) is 0 Å². The van der Waals surface area contributed by atoms with Crippen LogP contribution >= 0.6 is 0 Å². The summed E-state index contributed by atoms with van der Waals surface area (Å²) in [5.41, 5.74) is 0.452. The van der Waals surface area contributed by atoms with Gasteiger partial charge in [0.25, 0.3) is 0 Å². The maximum Gasteiger partial charge on any atom is 0.336 e. The SMILES string of the molecule is C=CC1([C@H](O)C(=O)OCc2ccccc2)CCC1. The van der Waals surface area contributed by atoms with E-state index in [1.54, 1.807) is 6.08 Å². The Labute approximate surface area is 107 Å². The molecule has 0 heterocycles. The highest BCUT2D eigenvalue weighted by molar-refractivity contribution is 5.76. The molecule has 0 amide bonds. The molecule has 3 nitrogen and oxygen atoms in total. The van der Waals surface area contributed by atoms with Crippen LogP contribution in [0, 0.1) is 5.41 Å². The van der Waals surface area contributed by atoms with Gasteiger partial charge in [-0.3, -0.25) is 0 Å². The number of esters is 1. The number of carbonyl (C=O) groups is 1. The third-order valence-electron chi connectivity index (χ3n) is 3.68. The molecule has 0 saturated heterocycles. The van der Waals surface area contributed by atoms with E-state index >= 15 is 0 Å². The number of aliphatic hydroxyl groups excluding tert-OH is 1. The van der Waals surface area contributed by atoms with Crippen molar-refractivity contribution < 1.29 is 14.6 Å². The van der Waals surface area contributed by atoms with Crippen molar-refractivity contribution >= 4 is 5.97 Å². The first-order chi connectivity index (χ1) is 8.68. The summed E-state index contributed by atoms with van der Waals surface area (Å²) in [7, 11) is 0. The molecule has 1 aliphatic rings. The molecule has 3 heteroatoms. The molecule has 1 aromatic carbocycles. The zero-order valence-electron chi connectivity index (χ0n) is 10.3. The normalized spacial score (nSPS) is 18.5. The molecule has 0 bridgehead atoms. The van der Waals surface area contributed by atoms with Crippen LogP contribution in [0.5, 0.6) is 0 Å². The Morgan fingerprint density at radius 3 is 2.61 bits per heavy atom. The highest BCUT2D eigenvalue weighted by Crippen LogP contribution is 2.45. The molecular weight excluding hydrogens is 228 g/mol. The monoisotopic (exact) mass is 246 g/mol. The molecular formula is C15H18O3. The van der Waals surface area contributed by atoms with E-state index in [1.165, 1.54) is 0 Å². The van der Waals surface area contributed by atoms with E-state index in [9.17, 15) is 9.90 Å². The molecule has 1 N–H and O–H groups in total. The van der Waals surface area contributed by atoms with E-state index in [0.717, 1.165) is 24.8 Å². The molecule has 96 valence electrons. The lowest BCUT2D eigenvalue weighted by Gasteiger charge is -2.41. The molecule has 0 radical (unpaired) electrons. The first kappa shape index (κ1) is 12.8. The van der Waals surface area contributed by atoms with E-state index in [0.29, 0.717) is 0 Å². The number of hydrogen-bond donors (Lipinski definition) is 1. The van der Waals surface area contributed by atoms with Crippen molar-refractivity contribution in [2.24, 2.45) is 5.41 Å². The molecule has 2 rings (SSSR count). The van der Waals surface area contributed by atoms with Crippen LogP contribution in [-0.4, -0.2) is 17.2 Å². The van der Waals surface area contributed by atoms with Gasteiger partial charge in [0.2, 0.25) is 0 Å². The predicted molar refractivity (Wildman–Crippen MR) is 68.7 cm³/mol. The summed E-state index contributed by atoms with van der Waals surface area (Å²) in [6.07, 6.45) is 3.23. The molecule has 0 unspecified atom stereocenters. The van der Waals surface area contributed by atoms with Gasteiger partial charge in [0.05, 0.1) is 0 Å². The standard InChI is InChI=1S/C15H18O3/c1-2-15(9-6-10-15)13(16)14(17)18-11-12-7-4-3-5-8-12/h2-5,7-8,13,16H,1,6,9-11H2/t13-/m1/s1. The van der Waals surface area contributed by atoms with Crippen LogP contribution in [0.15, 0.2) is 43.0 Å². The molecule has 1 saturated carbocycles. The van der Waals surface area contributed by atoms with Crippen molar-refractivity contribution in [3.05, 3.63) is 48.6 Å². The summed E-state index contributed by atoms with van der Waals surface area (Å²) in [6.45, 7) is 3.91. The average molecular weight is 246 g/mol. The van der Waals surface area contributed by atoms with Crippen LogP contribution in [-0.2, 0) is 16.1 Å². The Bertz CT molecular complexity index is 421. The second-order valence-electron chi connectivity index (χ2n) is 4.79. The van der Waals surface area contributed by atoms with Gasteiger partial charge in [0, 0.05) is 5.41 Å². The van der Waals surface area contributed by atoms with Crippen LogP contribution in [0.2, 0.25) is 0 Å². The summed E-state index contributed by atoms with van der Waals surface area (Å²) in [4.78, 5) is 11.8. The van der Waals surface area contributed by atoms with Crippen LogP contribution in [0.1, 0.15) is 24.8 Å². The van der Waals surface area contributed by atoms with E-state index in [1.807, 2.05) is 30.3 Å². The number of aliphatic hydroxyl groups is 1. The Hall–Kier alpha value is -1.61. The fourth-order valence-corrected chi connectivity index (χ4v) is 2.22. The summed E-state index contributed by atoms with van der Waals surface area (Å²) in [5.74, 6) is -0.557. The van der Waals surface area contributed by atoms with Crippen molar-refractivity contribution in [2.75, 3.05) is 0 Å². The molecule has 1 aromatic rings. The number of carbonyl (C=O) groups excluding carboxylic acids is 1. The van der Waals surface area contributed by atoms with Crippen molar-refractivity contribution in [3.8, 4) is 0 Å². The smallest absolute Gasteiger partial charge is 0.336 e. The van der Waals surface area contributed by atoms with E-state index < -0.39 is 17.5 Å². The molecule has 1 atom stereocenters. The van der Waals surface area contributed by atoms with Crippen LogP contribution in [0.3, 0.4) is 0 Å². The van der Waals surface area contributed by atoms with Gasteiger partial charge in [-0.05, 0) is 18.4 Å². The zero-order chi connectivity index (χ0) is 13.0. The van der Waals surface area contributed by atoms with Gasteiger partial charge in [-0.15, -0.1) is 6.58 Å². The first-order valence-corrected chi connectivity index (χ1v) is 6.20. The first-order valence-electron chi connectivity index (χ1n) is 6.20. The minimum absolute atomic E-state index is 0.198. The third kappa shape index (κ3) is 2.46. The Kier molecular flexibility index (Phi) is 3.82. The summed E-state index contributed by atoms with van der Waals surface area (Å²) in [5, 5.41) is 10.0. The number of rotatable bonds is 5. The highest BCUT2D eigenvalue weighted by atomic mass is 16.5. The molecule has 18 heavy (non-hydrogen) atoms. The Morgan fingerprint density at radius 2 is 2.11 bits per heavy atom. The Morgan fingerprint density at radius 1 is 1.44 bits per heavy atom. The van der Waals surface area contributed by atoms with Gasteiger partial charge in [0.15, 0.2) is 6.10 Å². The highest BCUT2D eigenvalue weighted by Gasteiger charge is 2.45. The van der Waals surface area contributed by atoms with Crippen LogP contribution < -0.4 is 0 Å². The lowest BCUT2D eigenvalue weighted by molar-refractivity contribution is -0.164. The zero-order valence-corrected chi connectivity index (χ0v) is 10.3. The van der Waals surface area contributed by atoms with Gasteiger partial charge in [-0.25, -0.2) is 4.79 Å². The van der Waals surface area contributed by atoms with Crippen molar-refractivity contribution in [3.63, 3.8) is 0 Å².